The number of benzene rings is 2. The van der Waals surface area contributed by atoms with Crippen LogP contribution in [0.25, 0.3) is 10.8 Å². The number of hydrogen-bond donors (Lipinski definition) is 0. The first-order valence-electron chi connectivity index (χ1n) is 12.3. The lowest BCUT2D eigenvalue weighted by Crippen LogP contribution is -2.37. The van der Waals surface area contributed by atoms with Crippen LogP contribution in [0.15, 0.2) is 60.9 Å². The first-order valence-corrected chi connectivity index (χ1v) is 12.3. The van der Waals surface area contributed by atoms with Gasteiger partial charge in [0.25, 0.3) is 5.91 Å². The van der Waals surface area contributed by atoms with E-state index < -0.39 is 0 Å². The van der Waals surface area contributed by atoms with Crippen molar-refractivity contribution in [2.24, 2.45) is 5.92 Å². The molecule has 2 aromatic carbocycles. The Labute approximate surface area is 196 Å². The van der Waals surface area contributed by atoms with Crippen LogP contribution in [0.2, 0.25) is 0 Å². The molecule has 2 aliphatic rings. The molecule has 1 aromatic heterocycles. The fraction of sp³-hybridized carbons (Fsp3) is 0.429. The van der Waals surface area contributed by atoms with E-state index in [1.807, 2.05) is 30.6 Å². The molecule has 2 saturated heterocycles. The van der Waals surface area contributed by atoms with Crippen LogP contribution in [0.4, 0.5) is 0 Å². The van der Waals surface area contributed by atoms with Crippen LogP contribution < -0.4 is 0 Å². The van der Waals surface area contributed by atoms with E-state index in [0.717, 1.165) is 82.7 Å². The molecule has 172 valence electrons. The normalized spacial score (nSPS) is 20.0. The molecule has 33 heavy (non-hydrogen) atoms. The maximum absolute atomic E-state index is 13.5. The van der Waals surface area contributed by atoms with Gasteiger partial charge in [0.05, 0.1) is 13.2 Å². The average molecular weight is 444 g/mol. The summed E-state index contributed by atoms with van der Waals surface area (Å²) in [6, 6.07) is 16.7. The molecule has 0 N–H and O–H groups in total. The quantitative estimate of drug-likeness (QED) is 0.580. The van der Waals surface area contributed by atoms with E-state index in [-0.39, 0.29) is 5.91 Å². The molecule has 3 aromatic rings. The third-order valence-corrected chi connectivity index (χ3v) is 7.14. The second-order valence-electron chi connectivity index (χ2n) is 9.36. The molecule has 3 heterocycles. The van der Waals surface area contributed by atoms with E-state index in [2.05, 4.69) is 45.1 Å². The van der Waals surface area contributed by atoms with Gasteiger partial charge in [-0.25, -0.2) is 0 Å². The number of likely N-dealkylation sites (tertiary alicyclic amines) is 1. The minimum Gasteiger partial charge on any atom is -0.379 e. The van der Waals surface area contributed by atoms with Gasteiger partial charge in [0.2, 0.25) is 0 Å². The van der Waals surface area contributed by atoms with Crippen LogP contribution in [-0.2, 0) is 17.7 Å². The fourth-order valence-corrected chi connectivity index (χ4v) is 5.26. The molecule has 5 nitrogen and oxygen atoms in total. The van der Waals surface area contributed by atoms with Gasteiger partial charge in [-0.05, 0) is 54.2 Å². The van der Waals surface area contributed by atoms with E-state index >= 15 is 0 Å². The highest BCUT2D eigenvalue weighted by molar-refractivity contribution is 5.95. The van der Waals surface area contributed by atoms with Crippen molar-refractivity contribution in [1.29, 1.82) is 0 Å². The van der Waals surface area contributed by atoms with Gasteiger partial charge < -0.3 is 9.64 Å². The second kappa shape index (κ2) is 10.4. The summed E-state index contributed by atoms with van der Waals surface area (Å²) < 4.78 is 5.48. The first kappa shape index (κ1) is 22.1. The van der Waals surface area contributed by atoms with E-state index in [1.54, 1.807) is 0 Å². The minimum atomic E-state index is 0.186. The van der Waals surface area contributed by atoms with Crippen LogP contribution >= 0.6 is 0 Å². The maximum atomic E-state index is 13.5. The number of carbonyl (C=O) groups is 1. The Kier molecular flexibility index (Phi) is 6.98. The number of fused-ring (bicyclic) bond motifs is 1. The van der Waals surface area contributed by atoms with Crippen LogP contribution in [0.1, 0.15) is 40.7 Å². The summed E-state index contributed by atoms with van der Waals surface area (Å²) in [6.07, 6.45) is 8.26. The molecule has 1 amide bonds. The third kappa shape index (κ3) is 5.26. The predicted molar refractivity (Wildman–Crippen MR) is 131 cm³/mol. The van der Waals surface area contributed by atoms with Crippen molar-refractivity contribution >= 4 is 16.7 Å². The third-order valence-electron chi connectivity index (χ3n) is 7.14. The van der Waals surface area contributed by atoms with Crippen molar-refractivity contribution in [3.63, 3.8) is 0 Å². The molecule has 0 spiro atoms. The molecular weight excluding hydrogens is 410 g/mol. The zero-order valence-corrected chi connectivity index (χ0v) is 19.3. The Balaban J connectivity index is 1.25. The van der Waals surface area contributed by atoms with Gasteiger partial charge in [-0.2, -0.15) is 0 Å². The number of nitrogens with zero attached hydrogens (tertiary/aromatic N) is 3. The zero-order valence-electron chi connectivity index (χ0n) is 19.3. The van der Waals surface area contributed by atoms with Crippen LogP contribution in [0.3, 0.4) is 0 Å². The predicted octanol–water partition coefficient (Wildman–Crippen LogP) is 4.55. The van der Waals surface area contributed by atoms with Crippen molar-refractivity contribution in [2.45, 2.75) is 32.2 Å². The van der Waals surface area contributed by atoms with Gasteiger partial charge in [0.15, 0.2) is 0 Å². The number of carbonyl (C=O) groups excluding carboxylic acids is 1. The van der Waals surface area contributed by atoms with E-state index in [9.17, 15) is 4.79 Å². The van der Waals surface area contributed by atoms with Gasteiger partial charge in [-0.15, -0.1) is 0 Å². The number of aromatic nitrogens is 1. The van der Waals surface area contributed by atoms with Gasteiger partial charge in [0.1, 0.15) is 0 Å². The molecule has 5 heteroatoms. The summed E-state index contributed by atoms with van der Waals surface area (Å²) >= 11 is 0. The summed E-state index contributed by atoms with van der Waals surface area (Å²) in [7, 11) is 0. The van der Waals surface area contributed by atoms with Gasteiger partial charge in [-0.1, -0.05) is 42.5 Å². The van der Waals surface area contributed by atoms with Crippen LogP contribution in [-0.4, -0.2) is 60.1 Å². The smallest absolute Gasteiger partial charge is 0.254 e. The van der Waals surface area contributed by atoms with Crippen LogP contribution in [0.5, 0.6) is 0 Å². The van der Waals surface area contributed by atoms with Crippen molar-refractivity contribution < 1.29 is 9.53 Å². The van der Waals surface area contributed by atoms with E-state index in [4.69, 9.17) is 4.74 Å². The number of rotatable bonds is 5. The topological polar surface area (TPSA) is 45.7 Å². The Morgan fingerprint density at radius 1 is 0.909 bits per heavy atom. The molecule has 0 saturated carbocycles. The van der Waals surface area contributed by atoms with Gasteiger partial charge >= 0.3 is 0 Å². The summed E-state index contributed by atoms with van der Waals surface area (Å²) in [5, 5.41) is 2.51. The van der Waals surface area contributed by atoms with Crippen LogP contribution in [0, 0.1) is 5.92 Å². The minimum absolute atomic E-state index is 0.186. The molecular formula is C28H33N3O2. The summed E-state index contributed by atoms with van der Waals surface area (Å²) in [6.45, 7) is 5.89. The van der Waals surface area contributed by atoms with Crippen molar-refractivity contribution in [2.75, 3.05) is 39.4 Å². The summed E-state index contributed by atoms with van der Waals surface area (Å²) in [5.41, 5.74) is 3.32. The van der Waals surface area contributed by atoms with Gasteiger partial charge in [-0.3, -0.25) is 14.7 Å². The molecule has 0 bridgehead atoms. The number of pyridine rings is 1. The van der Waals surface area contributed by atoms with E-state index in [1.165, 1.54) is 16.3 Å². The second-order valence-corrected chi connectivity index (χ2v) is 9.36. The Morgan fingerprint density at radius 2 is 1.73 bits per heavy atom. The lowest BCUT2D eigenvalue weighted by atomic mass is 9.91. The summed E-state index contributed by atoms with van der Waals surface area (Å²) in [4.78, 5) is 22.5. The Morgan fingerprint density at radius 3 is 2.64 bits per heavy atom. The molecule has 5 rings (SSSR count). The Bertz CT molecular complexity index is 1090. The zero-order chi connectivity index (χ0) is 22.5. The lowest BCUT2D eigenvalue weighted by molar-refractivity contribution is 0.0340. The molecule has 0 unspecified atom stereocenters. The van der Waals surface area contributed by atoms with Crippen molar-refractivity contribution in [1.82, 2.24) is 14.8 Å². The monoisotopic (exact) mass is 443 g/mol. The summed E-state index contributed by atoms with van der Waals surface area (Å²) in [5.74, 6) is 0.769. The average Bonchev–Trinajstić information content (AvgIpc) is 3.10. The van der Waals surface area contributed by atoms with E-state index in [0.29, 0.717) is 5.92 Å². The number of hydrogen-bond acceptors (Lipinski definition) is 4. The molecule has 0 radical (unpaired) electrons. The van der Waals surface area contributed by atoms with Crippen molar-refractivity contribution in [3.05, 3.63) is 77.6 Å². The highest BCUT2D eigenvalue weighted by Crippen LogP contribution is 2.27. The molecule has 2 aliphatic heterocycles. The van der Waals surface area contributed by atoms with Gasteiger partial charge in [0, 0.05) is 56.1 Å². The van der Waals surface area contributed by atoms with Crippen molar-refractivity contribution in [3.8, 4) is 0 Å². The standard InChI is InChI=1S/C28H33N3O2/c32-28(27-10-4-2-8-24(27)21-30-14-16-33-17-15-30)31-12-5-6-22(11-13-31)18-25-20-29-19-23-7-1-3-9-26(23)25/h1-4,7-10,19-20,22H,5-6,11-18,21H2/t22-/m0/s1. The SMILES string of the molecule is O=C(c1ccccc1CN1CCOCC1)N1CCC[C@H](Cc2cncc3ccccc23)CC1. The maximum Gasteiger partial charge on any atom is 0.254 e. The molecule has 0 aliphatic carbocycles. The number of ether oxygens (including phenoxy) is 1. The molecule has 1 atom stereocenters. The molecule has 2 fully saturated rings. The number of amides is 1. The highest BCUT2D eigenvalue weighted by Gasteiger charge is 2.24. The fourth-order valence-electron chi connectivity index (χ4n) is 5.26. The number of morpholine rings is 1. The first-order chi connectivity index (χ1) is 16.3. The lowest BCUT2D eigenvalue weighted by Gasteiger charge is -2.28. The largest absolute Gasteiger partial charge is 0.379 e. The Hall–Kier alpha value is -2.76. The highest BCUT2D eigenvalue weighted by atomic mass is 16.5.